The van der Waals surface area contributed by atoms with Gasteiger partial charge in [-0.25, -0.2) is 0 Å². The Morgan fingerprint density at radius 2 is 2.29 bits per heavy atom. The fraction of sp³-hybridized carbons (Fsp3) is 0.583. The summed E-state index contributed by atoms with van der Waals surface area (Å²) in [6.07, 6.45) is -1.44. The zero-order valence-corrected chi connectivity index (χ0v) is 11.4. The van der Waals surface area contributed by atoms with Crippen molar-refractivity contribution in [2.75, 3.05) is 20.1 Å². The summed E-state index contributed by atoms with van der Waals surface area (Å²) in [7, 11) is 1.55. The van der Waals surface area contributed by atoms with Crippen molar-refractivity contribution in [3.63, 3.8) is 0 Å². The average Bonchev–Trinajstić information content (AvgIpc) is 2.97. The second-order valence-electron chi connectivity index (χ2n) is 5.09. The van der Waals surface area contributed by atoms with Crippen molar-refractivity contribution in [2.24, 2.45) is 5.92 Å². The third kappa shape index (κ3) is 3.96. The number of nitrogens with zero attached hydrogens (tertiary/aromatic N) is 3. The molecule has 1 atom stereocenters. The molecular formula is C12H15F3N4O2. The molecule has 6 nitrogen and oxygen atoms in total. The highest BCUT2D eigenvalue weighted by Gasteiger charge is 2.41. The van der Waals surface area contributed by atoms with Crippen LogP contribution in [-0.2, 0) is 16.1 Å². The molecule has 0 saturated carbocycles. The minimum Gasteiger partial charge on any atom is -0.341 e. The van der Waals surface area contributed by atoms with Gasteiger partial charge in [0.1, 0.15) is 6.54 Å². The molecule has 0 radical (unpaired) electrons. The lowest BCUT2D eigenvalue weighted by Crippen LogP contribution is -2.37. The van der Waals surface area contributed by atoms with Crippen molar-refractivity contribution >= 4 is 11.8 Å². The van der Waals surface area contributed by atoms with E-state index in [-0.39, 0.29) is 18.9 Å². The van der Waals surface area contributed by atoms with Gasteiger partial charge in [-0.15, -0.1) is 0 Å². The minimum absolute atomic E-state index is 0.176. The van der Waals surface area contributed by atoms with Gasteiger partial charge in [-0.05, 0) is 0 Å². The first-order chi connectivity index (χ1) is 9.76. The predicted octanol–water partition coefficient (Wildman–Crippen LogP) is 0.779. The van der Waals surface area contributed by atoms with E-state index in [0.29, 0.717) is 11.4 Å². The molecule has 2 amide bonds. The topological polar surface area (TPSA) is 69.3 Å². The van der Waals surface area contributed by atoms with Crippen LogP contribution in [0.4, 0.5) is 13.2 Å². The van der Waals surface area contributed by atoms with E-state index in [1.807, 2.05) is 0 Å². The smallest absolute Gasteiger partial charge is 0.341 e. The number of rotatable bonds is 4. The number of carbonyl (C=O) groups excluding carboxylic acids is 2. The normalized spacial score (nSPS) is 19.1. The van der Waals surface area contributed by atoms with Crippen LogP contribution in [0.2, 0.25) is 0 Å². The summed E-state index contributed by atoms with van der Waals surface area (Å²) in [5, 5.41) is 6.35. The maximum absolute atomic E-state index is 12.3. The van der Waals surface area contributed by atoms with Crippen LogP contribution in [0, 0.1) is 5.92 Å². The van der Waals surface area contributed by atoms with E-state index in [0.717, 1.165) is 5.56 Å². The van der Waals surface area contributed by atoms with E-state index in [1.165, 1.54) is 4.90 Å². The summed E-state index contributed by atoms with van der Waals surface area (Å²) >= 11 is 0. The largest absolute Gasteiger partial charge is 0.406 e. The number of alkyl halides is 3. The van der Waals surface area contributed by atoms with Crippen molar-refractivity contribution in [3.05, 3.63) is 18.0 Å². The molecule has 0 bridgehead atoms. The highest BCUT2D eigenvalue weighted by molar-refractivity contribution is 5.89. The zero-order valence-electron chi connectivity index (χ0n) is 11.4. The Kier molecular flexibility index (Phi) is 4.19. The molecule has 1 aromatic heterocycles. The van der Waals surface area contributed by atoms with Crippen LogP contribution in [0.1, 0.15) is 12.0 Å². The van der Waals surface area contributed by atoms with Crippen LogP contribution in [0.15, 0.2) is 12.4 Å². The molecule has 1 aliphatic rings. The lowest BCUT2D eigenvalue weighted by atomic mass is 10.1. The van der Waals surface area contributed by atoms with Gasteiger partial charge >= 0.3 is 6.18 Å². The molecule has 0 spiro atoms. The monoisotopic (exact) mass is 304 g/mol. The first-order valence-electron chi connectivity index (χ1n) is 6.33. The van der Waals surface area contributed by atoms with E-state index in [4.69, 9.17) is 0 Å². The van der Waals surface area contributed by atoms with E-state index in [9.17, 15) is 22.8 Å². The Balaban J connectivity index is 1.93. The number of aromatic amines is 1. The molecule has 1 fully saturated rings. The molecule has 9 heteroatoms. The molecule has 1 N–H and O–H groups in total. The summed E-state index contributed by atoms with van der Waals surface area (Å²) in [4.78, 5) is 25.8. The maximum atomic E-state index is 12.3. The molecule has 2 rings (SSSR count). The van der Waals surface area contributed by atoms with E-state index < -0.39 is 24.5 Å². The van der Waals surface area contributed by atoms with Crippen molar-refractivity contribution in [3.8, 4) is 0 Å². The Morgan fingerprint density at radius 3 is 2.86 bits per heavy atom. The number of likely N-dealkylation sites (tertiary alicyclic amines) is 1. The Morgan fingerprint density at radius 1 is 1.57 bits per heavy atom. The third-order valence-corrected chi connectivity index (χ3v) is 3.28. The standard InChI is InChI=1S/C12H15F3N4O2/c1-18(5-8-3-16-17-4-8)11(21)9-2-10(20)19(6-9)7-12(13,14)15/h3-4,9H,2,5-7H2,1H3,(H,16,17). The minimum atomic E-state index is -4.45. The van der Waals surface area contributed by atoms with Gasteiger partial charge in [0, 0.05) is 38.3 Å². The molecule has 21 heavy (non-hydrogen) atoms. The number of aromatic nitrogens is 2. The number of H-pyrrole nitrogens is 1. The van der Waals surface area contributed by atoms with Gasteiger partial charge in [-0.3, -0.25) is 14.7 Å². The maximum Gasteiger partial charge on any atom is 0.406 e. The van der Waals surface area contributed by atoms with Crippen LogP contribution in [-0.4, -0.2) is 58.1 Å². The van der Waals surface area contributed by atoms with E-state index >= 15 is 0 Å². The van der Waals surface area contributed by atoms with Crippen molar-refractivity contribution in [1.82, 2.24) is 20.0 Å². The molecule has 1 unspecified atom stereocenters. The Labute approximate surface area is 118 Å². The van der Waals surface area contributed by atoms with Crippen LogP contribution in [0.5, 0.6) is 0 Å². The first kappa shape index (κ1) is 15.3. The lowest BCUT2D eigenvalue weighted by molar-refractivity contribution is -0.157. The summed E-state index contributed by atoms with van der Waals surface area (Å²) in [5.74, 6) is -1.70. The van der Waals surface area contributed by atoms with Gasteiger partial charge in [0.25, 0.3) is 0 Å². The molecule has 0 aliphatic carbocycles. The molecular weight excluding hydrogens is 289 g/mol. The summed E-state index contributed by atoms with van der Waals surface area (Å²) in [6.45, 7) is -1.20. The Bertz CT molecular complexity index is 515. The van der Waals surface area contributed by atoms with E-state index in [1.54, 1.807) is 19.4 Å². The molecule has 2 heterocycles. The van der Waals surface area contributed by atoms with Crippen LogP contribution < -0.4 is 0 Å². The second-order valence-corrected chi connectivity index (χ2v) is 5.09. The van der Waals surface area contributed by atoms with Crippen LogP contribution in [0.3, 0.4) is 0 Å². The molecule has 1 aromatic rings. The quantitative estimate of drug-likeness (QED) is 0.893. The predicted molar refractivity (Wildman–Crippen MR) is 65.8 cm³/mol. The van der Waals surface area contributed by atoms with Gasteiger partial charge in [0.15, 0.2) is 0 Å². The third-order valence-electron chi connectivity index (χ3n) is 3.28. The number of nitrogens with one attached hydrogen (secondary N) is 1. The fourth-order valence-corrected chi connectivity index (χ4v) is 2.33. The van der Waals surface area contributed by atoms with Crippen LogP contribution >= 0.6 is 0 Å². The average molecular weight is 304 g/mol. The molecule has 1 aliphatic heterocycles. The van der Waals surface area contributed by atoms with Gasteiger partial charge < -0.3 is 9.80 Å². The van der Waals surface area contributed by atoms with E-state index in [2.05, 4.69) is 10.2 Å². The second kappa shape index (κ2) is 5.74. The number of halogens is 3. The molecule has 0 aromatic carbocycles. The van der Waals surface area contributed by atoms with Gasteiger partial charge in [-0.2, -0.15) is 18.3 Å². The summed E-state index contributed by atoms with van der Waals surface area (Å²) in [6, 6.07) is 0. The van der Waals surface area contributed by atoms with Gasteiger partial charge in [0.05, 0.1) is 12.1 Å². The Hall–Kier alpha value is -2.06. The number of carbonyl (C=O) groups is 2. The number of amides is 2. The van der Waals surface area contributed by atoms with Crippen LogP contribution in [0.25, 0.3) is 0 Å². The summed E-state index contributed by atoms with van der Waals surface area (Å²) < 4.78 is 37.0. The zero-order chi connectivity index (χ0) is 15.6. The summed E-state index contributed by atoms with van der Waals surface area (Å²) in [5.41, 5.74) is 0.780. The van der Waals surface area contributed by atoms with Gasteiger partial charge in [-0.1, -0.05) is 0 Å². The van der Waals surface area contributed by atoms with Gasteiger partial charge in [0.2, 0.25) is 11.8 Å². The van der Waals surface area contributed by atoms with Crippen molar-refractivity contribution in [1.29, 1.82) is 0 Å². The highest BCUT2D eigenvalue weighted by atomic mass is 19.4. The molecule has 1 saturated heterocycles. The number of hydrogen-bond acceptors (Lipinski definition) is 3. The first-order valence-corrected chi connectivity index (χ1v) is 6.33. The fourth-order valence-electron chi connectivity index (χ4n) is 2.33. The highest BCUT2D eigenvalue weighted by Crippen LogP contribution is 2.25. The molecule has 116 valence electrons. The SMILES string of the molecule is CN(Cc1cn[nH]c1)C(=O)C1CC(=O)N(CC(F)(F)F)C1. The van der Waals surface area contributed by atoms with Crippen molar-refractivity contribution < 1.29 is 22.8 Å². The lowest BCUT2D eigenvalue weighted by Gasteiger charge is -2.21. The number of hydrogen-bond donors (Lipinski definition) is 1. The van der Waals surface area contributed by atoms with Crippen molar-refractivity contribution in [2.45, 2.75) is 19.1 Å².